The maximum Gasteiger partial charge on any atom is 0.321 e. The van der Waals surface area contributed by atoms with E-state index in [1.54, 1.807) is 0 Å². The summed E-state index contributed by atoms with van der Waals surface area (Å²) in [5.74, 6) is -3.45. The van der Waals surface area contributed by atoms with Crippen molar-refractivity contribution in [1.29, 1.82) is 0 Å². The van der Waals surface area contributed by atoms with E-state index in [1.807, 2.05) is 0 Å². The second-order valence-corrected chi connectivity index (χ2v) is 9.54. The normalized spacial score (nSPS) is 27.9. The van der Waals surface area contributed by atoms with E-state index in [1.165, 1.54) is 30.5 Å². The van der Waals surface area contributed by atoms with Crippen molar-refractivity contribution in [3.63, 3.8) is 0 Å². The van der Waals surface area contributed by atoms with Gasteiger partial charge >= 0.3 is 5.97 Å². The molecule has 172 valence electrons. The van der Waals surface area contributed by atoms with E-state index >= 15 is 4.39 Å². The third-order valence-electron chi connectivity index (χ3n) is 6.90. The lowest BCUT2D eigenvalue weighted by molar-refractivity contribution is -0.140. The van der Waals surface area contributed by atoms with Crippen molar-refractivity contribution in [3.05, 3.63) is 57.6 Å². The van der Waals surface area contributed by atoms with Crippen LogP contribution < -0.4 is 16.8 Å². The number of aliphatic carboxylic acids is 1. The molecular weight excluding hydrogens is 468 g/mol. The zero-order valence-electron chi connectivity index (χ0n) is 16.7. The molecule has 32 heavy (non-hydrogen) atoms. The Morgan fingerprint density at radius 1 is 1.25 bits per heavy atom. The number of nitrogen functional groups attached to an aromatic ring is 1. The minimum Gasteiger partial charge on any atom is -0.480 e. The first-order valence-corrected chi connectivity index (χ1v) is 10.6. The molecule has 1 spiro atoms. The van der Waals surface area contributed by atoms with Crippen molar-refractivity contribution in [3.8, 4) is 0 Å². The van der Waals surface area contributed by atoms with E-state index in [-0.39, 0.29) is 24.1 Å². The molecule has 2 heterocycles. The van der Waals surface area contributed by atoms with Gasteiger partial charge in [-0.1, -0.05) is 29.3 Å². The summed E-state index contributed by atoms with van der Waals surface area (Å²) < 4.78 is 42.6. The Morgan fingerprint density at radius 2 is 1.91 bits per heavy atom. The number of hydrogen-bond acceptors (Lipinski definition) is 5. The largest absolute Gasteiger partial charge is 0.480 e. The summed E-state index contributed by atoms with van der Waals surface area (Å²) >= 11 is 11.9. The number of nitrogens with two attached hydrogens (primary N) is 2. The zero-order valence-corrected chi connectivity index (χ0v) is 18.2. The van der Waals surface area contributed by atoms with Gasteiger partial charge in [0, 0.05) is 39.3 Å². The van der Waals surface area contributed by atoms with Gasteiger partial charge in [0.05, 0.1) is 18.9 Å². The van der Waals surface area contributed by atoms with E-state index in [9.17, 15) is 18.7 Å². The summed E-state index contributed by atoms with van der Waals surface area (Å²) in [7, 11) is 0. The number of nitrogens with zero attached hydrogens (tertiary/aromatic N) is 1. The molecule has 1 aromatic carbocycles. The highest BCUT2D eigenvalue weighted by molar-refractivity contribution is 6.31. The Kier molecular flexibility index (Phi) is 5.60. The molecule has 4 rings (SSSR count). The highest BCUT2D eigenvalue weighted by Crippen LogP contribution is 2.64. The minimum absolute atomic E-state index is 0.0865. The minimum atomic E-state index is -1.66. The van der Waals surface area contributed by atoms with Crippen LogP contribution in [0.1, 0.15) is 29.9 Å². The monoisotopic (exact) mass is 488 g/mol. The third-order valence-corrected chi connectivity index (χ3v) is 7.40. The Balaban J connectivity index is 1.99. The van der Waals surface area contributed by atoms with Gasteiger partial charge < -0.3 is 16.6 Å². The molecular formula is C21H21Cl2F3N4O2. The summed E-state index contributed by atoms with van der Waals surface area (Å²) in [5, 5.41) is 12.8. The number of halogens is 5. The number of hydrogen-bond donors (Lipinski definition) is 4. The standard InChI is InChI=1S/C21H21Cl2F3N4O2/c22-10-1-2-12(13(27)5-10)21(28)14(11-3-4-29-17(23)15(11)26)16(18(31)32)30-20(21)6-19(7-20,8-24)9-25/h1-5,14,16,30H,6-9,27-28H2,(H,31,32)/t14?,16-,21-/m1/s1. The molecule has 11 heteroatoms. The van der Waals surface area contributed by atoms with Crippen LogP contribution in [-0.4, -0.2) is 41.0 Å². The number of aromatic nitrogens is 1. The quantitative estimate of drug-likeness (QED) is 0.377. The van der Waals surface area contributed by atoms with Gasteiger partial charge in [0.25, 0.3) is 0 Å². The molecule has 3 atom stereocenters. The molecule has 1 aliphatic heterocycles. The van der Waals surface area contributed by atoms with Gasteiger partial charge in [-0.05, 0) is 36.6 Å². The highest BCUT2D eigenvalue weighted by atomic mass is 35.5. The van der Waals surface area contributed by atoms with Crippen molar-refractivity contribution < 1.29 is 23.1 Å². The second-order valence-electron chi connectivity index (χ2n) is 8.75. The summed E-state index contributed by atoms with van der Waals surface area (Å²) in [6, 6.07) is 4.40. The Hall–Kier alpha value is -2.07. The maximum absolute atomic E-state index is 15.1. The van der Waals surface area contributed by atoms with Crippen molar-refractivity contribution in [1.82, 2.24) is 10.3 Å². The third kappa shape index (κ3) is 3.09. The first kappa shape index (κ1) is 23.1. The molecule has 0 bridgehead atoms. The molecule has 1 saturated carbocycles. The average molecular weight is 489 g/mol. The molecule has 0 radical (unpaired) electrons. The van der Waals surface area contributed by atoms with Crippen LogP contribution in [0, 0.1) is 11.2 Å². The molecule has 2 aromatic rings. The number of carbonyl (C=O) groups is 1. The number of nitrogens with one attached hydrogen (secondary N) is 1. The molecule has 0 amide bonds. The van der Waals surface area contributed by atoms with Gasteiger partial charge in [-0.15, -0.1) is 0 Å². The molecule has 2 fully saturated rings. The van der Waals surface area contributed by atoms with Crippen LogP contribution in [0.5, 0.6) is 0 Å². The zero-order chi connectivity index (χ0) is 23.5. The van der Waals surface area contributed by atoms with E-state index in [4.69, 9.17) is 34.7 Å². The van der Waals surface area contributed by atoms with Crippen molar-refractivity contribution in [2.45, 2.75) is 35.9 Å². The summed E-state index contributed by atoms with van der Waals surface area (Å²) in [6.45, 7) is -1.89. The van der Waals surface area contributed by atoms with Crippen LogP contribution in [0.2, 0.25) is 10.2 Å². The van der Waals surface area contributed by atoms with Crippen LogP contribution >= 0.6 is 23.2 Å². The summed E-state index contributed by atoms with van der Waals surface area (Å²) in [5.41, 5.74) is 9.33. The van der Waals surface area contributed by atoms with Crippen LogP contribution in [-0.2, 0) is 10.3 Å². The number of benzene rings is 1. The average Bonchev–Trinajstić information content (AvgIpc) is 2.98. The topological polar surface area (TPSA) is 114 Å². The lowest BCUT2D eigenvalue weighted by atomic mass is 9.49. The van der Waals surface area contributed by atoms with Gasteiger partial charge in [0.2, 0.25) is 0 Å². The number of pyridine rings is 1. The SMILES string of the molecule is Nc1cc(Cl)ccc1[C@@]1(N)C(c2ccnc(Cl)c2F)[C@H](C(=O)O)NC12CC(CF)(CF)C2. The first-order valence-electron chi connectivity index (χ1n) is 9.81. The van der Waals surface area contributed by atoms with Gasteiger partial charge in [0.15, 0.2) is 11.0 Å². The molecule has 6 N–H and O–H groups in total. The second kappa shape index (κ2) is 7.76. The van der Waals surface area contributed by atoms with E-state index in [0.29, 0.717) is 10.6 Å². The van der Waals surface area contributed by atoms with Crippen molar-refractivity contribution in [2.24, 2.45) is 11.1 Å². The van der Waals surface area contributed by atoms with Crippen LogP contribution in [0.4, 0.5) is 18.9 Å². The predicted molar refractivity (Wildman–Crippen MR) is 115 cm³/mol. The van der Waals surface area contributed by atoms with Crippen LogP contribution in [0.3, 0.4) is 0 Å². The van der Waals surface area contributed by atoms with Crippen LogP contribution in [0.15, 0.2) is 30.5 Å². The molecule has 1 saturated heterocycles. The van der Waals surface area contributed by atoms with E-state index < -0.39 is 58.7 Å². The van der Waals surface area contributed by atoms with Gasteiger partial charge in [-0.2, -0.15) is 0 Å². The molecule has 1 aliphatic carbocycles. The fourth-order valence-corrected chi connectivity index (χ4v) is 5.89. The molecule has 1 unspecified atom stereocenters. The lowest BCUT2D eigenvalue weighted by Gasteiger charge is -2.60. The number of carboxylic acids is 1. The number of anilines is 1. The van der Waals surface area contributed by atoms with Gasteiger partial charge in [0.1, 0.15) is 6.04 Å². The van der Waals surface area contributed by atoms with E-state index in [0.717, 1.165) is 0 Å². The summed E-state index contributed by atoms with van der Waals surface area (Å²) in [6.07, 6.45) is 1.03. The van der Waals surface area contributed by atoms with Crippen LogP contribution in [0.25, 0.3) is 0 Å². The Labute approximate surface area is 192 Å². The smallest absolute Gasteiger partial charge is 0.321 e. The van der Waals surface area contributed by atoms with Gasteiger partial charge in [-0.25, -0.2) is 9.37 Å². The lowest BCUT2D eigenvalue weighted by Crippen LogP contribution is -2.71. The molecule has 6 nitrogen and oxygen atoms in total. The fourth-order valence-electron chi connectivity index (χ4n) is 5.55. The number of rotatable bonds is 5. The fraction of sp³-hybridized carbons (Fsp3) is 0.429. The number of carboxylic acid groups (broad SMARTS) is 1. The Morgan fingerprint density at radius 3 is 2.47 bits per heavy atom. The van der Waals surface area contributed by atoms with Gasteiger partial charge in [-0.3, -0.25) is 18.9 Å². The summed E-state index contributed by atoms with van der Waals surface area (Å²) in [4.78, 5) is 16.0. The van der Waals surface area contributed by atoms with Crippen molar-refractivity contribution in [2.75, 3.05) is 19.1 Å². The number of alkyl halides is 2. The first-order chi connectivity index (χ1) is 15.0. The predicted octanol–water partition coefficient (Wildman–Crippen LogP) is 3.56. The molecule has 2 aliphatic rings. The molecule has 1 aromatic heterocycles. The highest BCUT2D eigenvalue weighted by Gasteiger charge is 2.73. The maximum atomic E-state index is 15.1. The van der Waals surface area contributed by atoms with E-state index in [2.05, 4.69) is 10.3 Å². The Bertz CT molecular complexity index is 1080. The van der Waals surface area contributed by atoms with Crippen molar-refractivity contribution >= 4 is 34.9 Å².